The number of nitrogens with one attached hydrogen (secondary N) is 1. The fourth-order valence-corrected chi connectivity index (χ4v) is 2.10. The molecule has 0 fully saturated rings. The van der Waals surface area contributed by atoms with Crippen molar-refractivity contribution in [2.75, 3.05) is 7.05 Å². The van der Waals surface area contributed by atoms with Crippen molar-refractivity contribution in [2.45, 2.75) is 4.90 Å². The highest BCUT2D eigenvalue weighted by atomic mass is 32.2. The number of allylic oxidation sites excluding steroid dienone is 4. The molecule has 1 aromatic rings. The Bertz CT molecular complexity index is 691. The molecule has 21 heavy (non-hydrogen) atoms. The second-order valence-electron chi connectivity index (χ2n) is 3.85. The highest BCUT2D eigenvalue weighted by molar-refractivity contribution is 7.89. The molecular weight excluding hydrogens is 292 g/mol. The van der Waals surface area contributed by atoms with Crippen molar-refractivity contribution < 1.29 is 17.9 Å². The van der Waals surface area contributed by atoms with Crippen LogP contribution in [0.4, 0.5) is 0 Å². The van der Waals surface area contributed by atoms with Gasteiger partial charge in [0.15, 0.2) is 0 Å². The quantitative estimate of drug-likeness (QED) is 0.612. The van der Waals surface area contributed by atoms with Crippen LogP contribution in [-0.4, -0.2) is 21.4 Å². The van der Waals surface area contributed by atoms with E-state index in [1.165, 1.54) is 25.4 Å². The van der Waals surface area contributed by atoms with Crippen molar-refractivity contribution in [3.8, 4) is 5.75 Å². The zero-order valence-corrected chi connectivity index (χ0v) is 12.3. The lowest BCUT2D eigenvalue weighted by atomic mass is 10.2. The van der Waals surface area contributed by atoms with Crippen LogP contribution < -0.4 is 15.2 Å². The number of ether oxygens (including phenoxy) is 1. The normalized spacial score (nSPS) is 11.7. The summed E-state index contributed by atoms with van der Waals surface area (Å²) in [4.78, 5) is 11.3. The van der Waals surface area contributed by atoms with E-state index in [1.54, 1.807) is 24.3 Å². The molecule has 0 aromatic heterocycles. The summed E-state index contributed by atoms with van der Waals surface area (Å²) < 4.78 is 28.4. The van der Waals surface area contributed by atoms with Gasteiger partial charge in [0.2, 0.25) is 10.0 Å². The molecule has 0 atom stereocenters. The number of primary sulfonamides is 1. The minimum Gasteiger partial charge on any atom is -0.464 e. The Hall–Kier alpha value is -2.38. The molecule has 1 aromatic carbocycles. The number of hydrogen-bond acceptors (Lipinski definition) is 4. The van der Waals surface area contributed by atoms with E-state index in [0.717, 1.165) is 6.07 Å². The third-order valence-corrected chi connectivity index (χ3v) is 3.30. The van der Waals surface area contributed by atoms with E-state index < -0.39 is 15.9 Å². The van der Waals surface area contributed by atoms with E-state index in [4.69, 9.17) is 9.88 Å². The third kappa shape index (κ3) is 4.90. The predicted molar refractivity (Wildman–Crippen MR) is 80.3 cm³/mol. The molecule has 1 rings (SSSR count). The highest BCUT2D eigenvalue weighted by Gasteiger charge is 2.17. The largest absolute Gasteiger partial charge is 0.464 e. The Morgan fingerprint density at radius 3 is 2.62 bits per heavy atom. The number of benzene rings is 1. The summed E-state index contributed by atoms with van der Waals surface area (Å²) in [6.45, 7) is 3.50. The van der Waals surface area contributed by atoms with Crippen LogP contribution in [0.1, 0.15) is 10.4 Å². The van der Waals surface area contributed by atoms with Crippen LogP contribution in [0.15, 0.2) is 60.2 Å². The van der Waals surface area contributed by atoms with Crippen LogP contribution >= 0.6 is 0 Å². The summed E-state index contributed by atoms with van der Waals surface area (Å²) in [6.07, 6.45) is 7.76. The molecule has 112 valence electrons. The lowest BCUT2D eigenvalue weighted by molar-refractivity contribution is 0.0963. The summed E-state index contributed by atoms with van der Waals surface area (Å²) >= 11 is 0. The molecule has 0 aliphatic carbocycles. The van der Waals surface area contributed by atoms with Crippen LogP contribution in [-0.2, 0) is 10.0 Å². The smallest absolute Gasteiger partial charge is 0.251 e. The zero-order valence-electron chi connectivity index (χ0n) is 11.4. The summed E-state index contributed by atoms with van der Waals surface area (Å²) in [5.74, 6) is -0.385. The number of carbonyl (C=O) groups excluding carboxylic acids is 1. The van der Waals surface area contributed by atoms with Crippen LogP contribution in [0.3, 0.4) is 0 Å². The molecule has 7 heteroatoms. The van der Waals surface area contributed by atoms with E-state index >= 15 is 0 Å². The molecule has 0 aliphatic rings. The van der Waals surface area contributed by atoms with Gasteiger partial charge >= 0.3 is 0 Å². The average Bonchev–Trinajstić information content (AvgIpc) is 2.45. The lowest BCUT2D eigenvalue weighted by Crippen LogP contribution is -2.19. The van der Waals surface area contributed by atoms with Gasteiger partial charge in [-0.2, -0.15) is 0 Å². The Kier molecular flexibility index (Phi) is 5.89. The standard InChI is InChI=1S/C14H16N2O4S/c1-3-4-5-6-9-20-12-8-7-11(14(17)16-2)10-13(12)21(15,18)19/h3-10H,1H2,2H3,(H,16,17)(H2,15,18,19)/b5-4-,9-6+. The molecule has 0 heterocycles. The van der Waals surface area contributed by atoms with Crippen molar-refractivity contribution in [3.63, 3.8) is 0 Å². The van der Waals surface area contributed by atoms with E-state index in [0.29, 0.717) is 0 Å². The minimum atomic E-state index is -4.02. The maximum Gasteiger partial charge on any atom is 0.251 e. The first kappa shape index (κ1) is 16.7. The molecule has 0 radical (unpaired) electrons. The maximum atomic E-state index is 11.6. The van der Waals surface area contributed by atoms with Crippen molar-refractivity contribution >= 4 is 15.9 Å². The molecule has 6 nitrogen and oxygen atoms in total. The molecule has 0 spiro atoms. The monoisotopic (exact) mass is 308 g/mol. The van der Waals surface area contributed by atoms with Crippen LogP contribution in [0.5, 0.6) is 5.75 Å². The fraction of sp³-hybridized carbons (Fsp3) is 0.0714. The van der Waals surface area contributed by atoms with Crippen LogP contribution in [0.25, 0.3) is 0 Å². The second kappa shape index (κ2) is 7.41. The summed E-state index contributed by atoms with van der Waals surface area (Å²) in [5.41, 5.74) is 0.171. The van der Waals surface area contributed by atoms with E-state index in [2.05, 4.69) is 11.9 Å². The Morgan fingerprint density at radius 1 is 1.33 bits per heavy atom. The van der Waals surface area contributed by atoms with Gasteiger partial charge < -0.3 is 10.1 Å². The first-order valence-corrected chi connectivity index (χ1v) is 7.44. The second-order valence-corrected chi connectivity index (χ2v) is 5.38. The lowest BCUT2D eigenvalue weighted by Gasteiger charge is -2.08. The van der Waals surface area contributed by atoms with Gasteiger partial charge in [0.1, 0.15) is 10.6 Å². The summed E-state index contributed by atoms with van der Waals surface area (Å²) in [7, 11) is -2.58. The van der Waals surface area contributed by atoms with Crippen molar-refractivity contribution in [1.29, 1.82) is 0 Å². The SMILES string of the molecule is C=C/C=C\C=C\Oc1ccc(C(=O)NC)cc1S(N)(=O)=O. The minimum absolute atomic E-state index is 0.0356. The van der Waals surface area contributed by atoms with Gasteiger partial charge in [-0.3, -0.25) is 4.79 Å². The average molecular weight is 308 g/mol. The van der Waals surface area contributed by atoms with E-state index in [1.807, 2.05) is 0 Å². The number of amides is 1. The zero-order chi connectivity index (χ0) is 15.9. The van der Waals surface area contributed by atoms with E-state index in [-0.39, 0.29) is 16.2 Å². The van der Waals surface area contributed by atoms with Gasteiger partial charge in [0, 0.05) is 12.6 Å². The first-order valence-electron chi connectivity index (χ1n) is 5.90. The molecular formula is C14H16N2O4S. The van der Waals surface area contributed by atoms with Crippen LogP contribution in [0.2, 0.25) is 0 Å². The molecule has 0 bridgehead atoms. The number of nitrogens with two attached hydrogens (primary N) is 1. The Balaban J connectivity index is 3.14. The maximum absolute atomic E-state index is 11.6. The summed E-state index contributed by atoms with van der Waals surface area (Å²) in [6, 6.07) is 3.97. The van der Waals surface area contributed by atoms with Crippen molar-refractivity contribution in [2.24, 2.45) is 5.14 Å². The molecule has 1 amide bonds. The molecule has 0 unspecified atom stereocenters. The number of rotatable bonds is 6. The van der Waals surface area contributed by atoms with Crippen molar-refractivity contribution in [1.82, 2.24) is 5.32 Å². The van der Waals surface area contributed by atoms with Crippen molar-refractivity contribution in [3.05, 3.63) is 60.9 Å². The molecule has 0 saturated carbocycles. The van der Waals surface area contributed by atoms with Gasteiger partial charge in [0.05, 0.1) is 6.26 Å². The summed E-state index contributed by atoms with van der Waals surface area (Å²) in [5, 5.41) is 7.53. The number of hydrogen-bond donors (Lipinski definition) is 2. The van der Waals surface area contributed by atoms with Gasteiger partial charge in [-0.25, -0.2) is 13.6 Å². The Morgan fingerprint density at radius 2 is 2.05 bits per heavy atom. The molecule has 3 N–H and O–H groups in total. The van der Waals surface area contributed by atoms with Gasteiger partial charge in [-0.1, -0.05) is 24.8 Å². The highest BCUT2D eigenvalue weighted by Crippen LogP contribution is 2.24. The topological polar surface area (TPSA) is 98.5 Å². The van der Waals surface area contributed by atoms with Crippen LogP contribution in [0, 0.1) is 0 Å². The first-order chi connectivity index (χ1) is 9.90. The van der Waals surface area contributed by atoms with Gasteiger partial charge in [-0.05, 0) is 24.3 Å². The van der Waals surface area contributed by atoms with Gasteiger partial charge in [0.25, 0.3) is 5.91 Å². The van der Waals surface area contributed by atoms with E-state index in [9.17, 15) is 13.2 Å². The number of carbonyl (C=O) groups is 1. The molecule has 0 aliphatic heterocycles. The van der Waals surface area contributed by atoms with Gasteiger partial charge in [-0.15, -0.1) is 0 Å². The fourth-order valence-electron chi connectivity index (χ4n) is 1.41. The third-order valence-electron chi connectivity index (χ3n) is 2.37. The predicted octanol–water partition coefficient (Wildman–Crippen LogP) is 1.33. The Labute approximate surface area is 123 Å². The number of sulfonamides is 1. The molecule has 0 saturated heterocycles.